The van der Waals surface area contributed by atoms with Gasteiger partial charge in [0.2, 0.25) is 0 Å². The van der Waals surface area contributed by atoms with E-state index in [1.165, 1.54) is 27.1 Å². The average Bonchev–Trinajstić information content (AvgIpc) is 3.53. The lowest BCUT2D eigenvalue weighted by atomic mass is 10.0. The first-order valence-electron chi connectivity index (χ1n) is 17.6. The van der Waals surface area contributed by atoms with E-state index < -0.39 is 0 Å². The highest BCUT2D eigenvalue weighted by atomic mass is 15.1. The summed E-state index contributed by atoms with van der Waals surface area (Å²) in [5.74, 6) is 0. The van der Waals surface area contributed by atoms with Gasteiger partial charge >= 0.3 is 0 Å². The van der Waals surface area contributed by atoms with Crippen LogP contribution in [0.3, 0.4) is 0 Å². The van der Waals surface area contributed by atoms with Crippen molar-refractivity contribution < 1.29 is 0 Å². The molecule has 10 aromatic rings. The summed E-state index contributed by atoms with van der Waals surface area (Å²) >= 11 is 0. The topological polar surface area (TPSA) is 34.0 Å². The van der Waals surface area contributed by atoms with Gasteiger partial charge in [0.25, 0.3) is 0 Å². The van der Waals surface area contributed by atoms with Crippen LogP contribution in [-0.4, -0.2) is 14.5 Å². The molecule has 2 heterocycles. The minimum absolute atomic E-state index is 0.854. The summed E-state index contributed by atoms with van der Waals surface area (Å²) in [6, 6.07) is 68.4. The molecule has 0 aliphatic heterocycles. The van der Waals surface area contributed by atoms with Crippen LogP contribution in [0.15, 0.2) is 194 Å². The molecule has 0 unspecified atom stereocenters. The van der Waals surface area contributed by atoms with Gasteiger partial charge in [-0.25, -0.2) is 9.97 Å². The molecule has 0 aliphatic rings. The lowest BCUT2D eigenvalue weighted by molar-refractivity contribution is 1.18. The number of hydrogen-bond acceptors (Lipinski definition) is 3. The summed E-state index contributed by atoms with van der Waals surface area (Å²) in [6.45, 7) is 0. The largest absolute Gasteiger partial charge is 0.311 e. The Kier molecular flexibility index (Phi) is 7.10. The molecule has 244 valence electrons. The minimum atomic E-state index is 0.854. The Bertz CT molecular complexity index is 2840. The molecule has 0 spiro atoms. The van der Waals surface area contributed by atoms with Crippen molar-refractivity contribution >= 4 is 60.7 Å². The van der Waals surface area contributed by atoms with Gasteiger partial charge in [-0.2, -0.15) is 0 Å². The van der Waals surface area contributed by atoms with E-state index in [1.54, 1.807) is 0 Å². The molecule has 0 N–H and O–H groups in total. The van der Waals surface area contributed by atoms with Crippen LogP contribution < -0.4 is 4.90 Å². The number of hydrogen-bond donors (Lipinski definition) is 0. The Balaban J connectivity index is 1.16. The molecular formula is C48H32N4. The highest BCUT2D eigenvalue weighted by Crippen LogP contribution is 2.40. The molecule has 0 saturated heterocycles. The van der Waals surface area contributed by atoms with Gasteiger partial charge in [-0.15, -0.1) is 0 Å². The highest BCUT2D eigenvalue weighted by Gasteiger charge is 2.19. The van der Waals surface area contributed by atoms with Crippen molar-refractivity contribution in [3.63, 3.8) is 0 Å². The molecule has 0 atom stereocenters. The number of para-hydroxylation sites is 5. The molecule has 0 bridgehead atoms. The minimum Gasteiger partial charge on any atom is -0.311 e. The lowest BCUT2D eigenvalue weighted by Crippen LogP contribution is -2.09. The van der Waals surface area contributed by atoms with Gasteiger partial charge in [-0.3, -0.25) is 0 Å². The Morgan fingerprint density at radius 1 is 0.365 bits per heavy atom. The maximum absolute atomic E-state index is 5.30. The molecule has 8 aromatic carbocycles. The van der Waals surface area contributed by atoms with Gasteiger partial charge in [0, 0.05) is 44.6 Å². The predicted molar refractivity (Wildman–Crippen MR) is 217 cm³/mol. The molecule has 2 aromatic heterocycles. The zero-order valence-electron chi connectivity index (χ0n) is 28.3. The maximum Gasteiger partial charge on any atom is 0.0973 e. The number of fused-ring (bicyclic) bond motifs is 5. The van der Waals surface area contributed by atoms with Crippen LogP contribution in [0.1, 0.15) is 0 Å². The molecule has 4 nitrogen and oxygen atoms in total. The zero-order chi connectivity index (χ0) is 34.4. The third-order valence-corrected chi connectivity index (χ3v) is 9.92. The van der Waals surface area contributed by atoms with Gasteiger partial charge in [0.1, 0.15) is 0 Å². The molecule has 0 saturated carbocycles. The number of anilines is 3. The van der Waals surface area contributed by atoms with E-state index in [9.17, 15) is 0 Å². The lowest BCUT2D eigenvalue weighted by Gasteiger charge is -2.25. The Hall–Kier alpha value is -7.04. The molecule has 0 aliphatic carbocycles. The third-order valence-electron chi connectivity index (χ3n) is 9.92. The van der Waals surface area contributed by atoms with Crippen molar-refractivity contribution in [3.8, 4) is 28.2 Å². The van der Waals surface area contributed by atoms with E-state index in [-0.39, 0.29) is 0 Å². The fraction of sp³-hybridized carbons (Fsp3) is 0. The number of nitrogens with zero attached hydrogens (tertiary/aromatic N) is 4. The zero-order valence-corrected chi connectivity index (χ0v) is 28.3. The van der Waals surface area contributed by atoms with E-state index >= 15 is 0 Å². The van der Waals surface area contributed by atoms with Crippen LogP contribution in [0.4, 0.5) is 17.1 Å². The number of aromatic nitrogens is 3. The van der Waals surface area contributed by atoms with Crippen LogP contribution in [0.25, 0.3) is 71.8 Å². The molecular weight excluding hydrogens is 633 g/mol. The van der Waals surface area contributed by atoms with Gasteiger partial charge < -0.3 is 9.47 Å². The van der Waals surface area contributed by atoms with Crippen molar-refractivity contribution in [3.05, 3.63) is 194 Å². The molecule has 4 heteroatoms. The maximum atomic E-state index is 5.30. The Morgan fingerprint density at radius 2 is 0.846 bits per heavy atom. The molecule has 10 rings (SSSR count). The molecule has 0 fully saturated rings. The Labute approximate surface area is 301 Å². The molecule has 0 amide bonds. The van der Waals surface area contributed by atoms with E-state index in [2.05, 4.69) is 179 Å². The van der Waals surface area contributed by atoms with E-state index in [0.717, 1.165) is 61.8 Å². The molecule has 0 radical (unpaired) electrons. The highest BCUT2D eigenvalue weighted by molar-refractivity contribution is 6.14. The van der Waals surface area contributed by atoms with Crippen molar-refractivity contribution in [1.82, 2.24) is 14.5 Å². The summed E-state index contributed by atoms with van der Waals surface area (Å²) in [4.78, 5) is 12.8. The van der Waals surface area contributed by atoms with Crippen LogP contribution in [0.2, 0.25) is 0 Å². The summed E-state index contributed by atoms with van der Waals surface area (Å²) < 4.78 is 2.37. The van der Waals surface area contributed by atoms with Gasteiger partial charge in [-0.05, 0) is 95.7 Å². The van der Waals surface area contributed by atoms with Crippen molar-refractivity contribution in [2.75, 3.05) is 4.90 Å². The van der Waals surface area contributed by atoms with E-state index in [0.29, 0.717) is 0 Å². The summed E-state index contributed by atoms with van der Waals surface area (Å²) in [5, 5.41) is 4.83. The van der Waals surface area contributed by atoms with Crippen LogP contribution in [0, 0.1) is 0 Å². The SMILES string of the molecule is c1ccc(N(c2ccccc2)c2ccc(-c3nc4ccccc4nc3-c3ccc4c(c3)c3cc5ccccc5cc3n4-c3ccccc3)cc2)cc1. The fourth-order valence-electron chi connectivity index (χ4n) is 7.48. The average molecular weight is 665 g/mol. The van der Waals surface area contributed by atoms with Gasteiger partial charge in [-0.1, -0.05) is 109 Å². The Morgan fingerprint density at radius 3 is 1.48 bits per heavy atom. The standard InChI is InChI=1S/C48H32N4/c1-4-16-37(17-5-1)51(38-18-6-2-7-19-38)40-27-24-33(25-28-40)47-48(50-44-23-13-12-22-43(44)49-47)36-26-29-45-41(31-36)42-30-34-14-10-11-15-35(34)32-46(42)52(45)39-20-8-3-9-21-39/h1-32H. The van der Waals surface area contributed by atoms with Crippen molar-refractivity contribution in [1.29, 1.82) is 0 Å². The first-order valence-corrected chi connectivity index (χ1v) is 17.6. The summed E-state index contributed by atoms with van der Waals surface area (Å²) in [5.41, 5.74) is 12.2. The normalized spacial score (nSPS) is 11.5. The van der Waals surface area contributed by atoms with Crippen LogP contribution >= 0.6 is 0 Å². The summed E-state index contributed by atoms with van der Waals surface area (Å²) in [6.07, 6.45) is 0. The van der Waals surface area contributed by atoms with Crippen molar-refractivity contribution in [2.24, 2.45) is 0 Å². The van der Waals surface area contributed by atoms with Gasteiger partial charge in [0.05, 0.1) is 33.5 Å². The smallest absolute Gasteiger partial charge is 0.0973 e. The van der Waals surface area contributed by atoms with E-state index in [4.69, 9.17) is 9.97 Å². The second-order valence-electron chi connectivity index (χ2n) is 13.1. The summed E-state index contributed by atoms with van der Waals surface area (Å²) in [7, 11) is 0. The number of rotatable bonds is 6. The third kappa shape index (κ3) is 5.09. The van der Waals surface area contributed by atoms with Crippen LogP contribution in [0.5, 0.6) is 0 Å². The number of benzene rings is 8. The second kappa shape index (κ2) is 12.4. The quantitative estimate of drug-likeness (QED) is 0.177. The molecule has 52 heavy (non-hydrogen) atoms. The first-order chi connectivity index (χ1) is 25.8. The predicted octanol–water partition coefficient (Wildman–Crippen LogP) is 12.7. The second-order valence-corrected chi connectivity index (χ2v) is 13.1. The first kappa shape index (κ1) is 29.8. The van der Waals surface area contributed by atoms with Gasteiger partial charge in [0.15, 0.2) is 0 Å². The van der Waals surface area contributed by atoms with Crippen LogP contribution in [-0.2, 0) is 0 Å². The fourth-order valence-corrected chi connectivity index (χ4v) is 7.48. The van der Waals surface area contributed by atoms with E-state index in [1.807, 2.05) is 24.3 Å². The van der Waals surface area contributed by atoms with Crippen molar-refractivity contribution in [2.45, 2.75) is 0 Å². The monoisotopic (exact) mass is 664 g/mol.